The molecular formula is C19H16ClN3O2. The second kappa shape index (κ2) is 7.77. The zero-order chi connectivity index (χ0) is 17.6. The van der Waals surface area contributed by atoms with E-state index in [-0.39, 0.29) is 11.5 Å². The molecule has 1 heterocycles. The van der Waals surface area contributed by atoms with Crippen LogP contribution in [-0.2, 0) is 11.2 Å². The van der Waals surface area contributed by atoms with Crippen LogP contribution in [0.4, 0.5) is 5.69 Å². The van der Waals surface area contributed by atoms with Crippen molar-refractivity contribution in [1.29, 1.82) is 0 Å². The van der Waals surface area contributed by atoms with Gasteiger partial charge in [-0.25, -0.2) is 5.10 Å². The first-order chi connectivity index (χ1) is 12.1. The second-order valence-electron chi connectivity index (χ2n) is 5.53. The van der Waals surface area contributed by atoms with Crippen molar-refractivity contribution in [2.75, 3.05) is 5.32 Å². The molecule has 0 fully saturated rings. The van der Waals surface area contributed by atoms with Gasteiger partial charge in [0.05, 0.1) is 5.69 Å². The number of anilines is 1. The van der Waals surface area contributed by atoms with Crippen LogP contribution in [0.5, 0.6) is 0 Å². The highest BCUT2D eigenvalue weighted by molar-refractivity contribution is 6.31. The Balaban J connectivity index is 1.65. The fraction of sp³-hybridized carbons (Fsp3) is 0.105. The highest BCUT2D eigenvalue weighted by Gasteiger charge is 2.07. The second-order valence-corrected chi connectivity index (χ2v) is 5.93. The highest BCUT2D eigenvalue weighted by atomic mass is 35.5. The third kappa shape index (κ3) is 4.55. The quantitative estimate of drug-likeness (QED) is 0.735. The molecule has 1 amide bonds. The lowest BCUT2D eigenvalue weighted by Crippen LogP contribution is -2.12. The molecule has 1 aromatic heterocycles. The van der Waals surface area contributed by atoms with Crippen molar-refractivity contribution in [1.82, 2.24) is 10.2 Å². The minimum atomic E-state index is -0.257. The maximum atomic E-state index is 12.2. The monoisotopic (exact) mass is 353 g/mol. The maximum absolute atomic E-state index is 12.2. The molecule has 2 N–H and O–H groups in total. The SMILES string of the molecule is O=C(CCc1ccccc1Cl)Nc1cccc(-c2ccc(=O)[nH]n2)c1. The third-order valence-electron chi connectivity index (χ3n) is 3.70. The number of hydrogen-bond donors (Lipinski definition) is 2. The highest BCUT2D eigenvalue weighted by Crippen LogP contribution is 2.20. The van der Waals surface area contributed by atoms with E-state index in [4.69, 9.17) is 11.6 Å². The molecule has 2 aromatic carbocycles. The Hall–Kier alpha value is -2.92. The number of aryl methyl sites for hydroxylation is 1. The summed E-state index contributed by atoms with van der Waals surface area (Å²) in [6.45, 7) is 0. The smallest absolute Gasteiger partial charge is 0.264 e. The Morgan fingerprint density at radius 2 is 1.92 bits per heavy atom. The van der Waals surface area contributed by atoms with Crippen molar-refractivity contribution in [3.05, 3.63) is 81.6 Å². The molecule has 0 unspecified atom stereocenters. The standard InChI is InChI=1S/C19H16ClN3O2/c20-16-7-2-1-4-13(16)8-10-18(24)21-15-6-3-5-14(12-15)17-9-11-19(25)23-22-17/h1-7,9,11-12H,8,10H2,(H,21,24)(H,23,25). The number of aromatic nitrogens is 2. The number of nitrogens with one attached hydrogen (secondary N) is 2. The molecule has 0 radical (unpaired) electrons. The molecule has 126 valence electrons. The Morgan fingerprint density at radius 1 is 1.08 bits per heavy atom. The number of aromatic amines is 1. The molecule has 0 aliphatic carbocycles. The number of nitrogens with zero attached hydrogens (tertiary/aromatic N) is 1. The van der Waals surface area contributed by atoms with E-state index in [0.717, 1.165) is 11.1 Å². The predicted molar refractivity (Wildman–Crippen MR) is 98.7 cm³/mol. The third-order valence-corrected chi connectivity index (χ3v) is 4.07. The summed E-state index contributed by atoms with van der Waals surface area (Å²) in [5, 5.41) is 9.93. The molecule has 3 aromatic rings. The van der Waals surface area contributed by atoms with Crippen LogP contribution in [0.15, 0.2) is 65.5 Å². The van der Waals surface area contributed by atoms with Gasteiger partial charge in [0.2, 0.25) is 5.91 Å². The first kappa shape index (κ1) is 16.9. The number of halogens is 1. The molecule has 0 aliphatic heterocycles. The summed E-state index contributed by atoms with van der Waals surface area (Å²) in [7, 11) is 0. The largest absolute Gasteiger partial charge is 0.326 e. The van der Waals surface area contributed by atoms with Crippen LogP contribution in [0, 0.1) is 0 Å². The van der Waals surface area contributed by atoms with Crippen LogP contribution in [0.25, 0.3) is 11.3 Å². The summed E-state index contributed by atoms with van der Waals surface area (Å²) in [6.07, 6.45) is 0.914. The van der Waals surface area contributed by atoms with Gasteiger partial charge in [0.1, 0.15) is 0 Å². The molecule has 3 rings (SSSR count). The van der Waals surface area contributed by atoms with Crippen molar-refractivity contribution in [3.63, 3.8) is 0 Å². The van der Waals surface area contributed by atoms with Gasteiger partial charge in [-0.15, -0.1) is 0 Å². The van der Waals surface area contributed by atoms with Gasteiger partial charge in [0, 0.05) is 28.8 Å². The average molecular weight is 354 g/mol. The van der Waals surface area contributed by atoms with E-state index in [1.807, 2.05) is 48.5 Å². The van der Waals surface area contributed by atoms with Crippen molar-refractivity contribution < 1.29 is 4.79 Å². The fourth-order valence-corrected chi connectivity index (χ4v) is 2.66. The summed E-state index contributed by atoms with van der Waals surface area (Å²) in [6, 6.07) is 17.9. The normalized spacial score (nSPS) is 10.4. The van der Waals surface area contributed by atoms with E-state index >= 15 is 0 Å². The summed E-state index contributed by atoms with van der Waals surface area (Å²) < 4.78 is 0. The zero-order valence-corrected chi connectivity index (χ0v) is 14.1. The van der Waals surface area contributed by atoms with Gasteiger partial charge < -0.3 is 5.32 Å². The van der Waals surface area contributed by atoms with E-state index in [1.54, 1.807) is 6.07 Å². The lowest BCUT2D eigenvalue weighted by Gasteiger charge is -2.08. The number of carbonyl (C=O) groups excluding carboxylic acids is 1. The van der Waals surface area contributed by atoms with E-state index in [0.29, 0.717) is 29.2 Å². The Bertz CT molecular complexity index is 933. The zero-order valence-electron chi connectivity index (χ0n) is 13.3. The van der Waals surface area contributed by atoms with Crippen LogP contribution >= 0.6 is 11.6 Å². The molecular weight excluding hydrogens is 338 g/mol. The first-order valence-corrected chi connectivity index (χ1v) is 8.19. The topological polar surface area (TPSA) is 74.8 Å². The molecule has 0 aliphatic rings. The number of carbonyl (C=O) groups is 1. The molecule has 6 heteroatoms. The lowest BCUT2D eigenvalue weighted by atomic mass is 10.1. The van der Waals surface area contributed by atoms with Crippen LogP contribution in [0.2, 0.25) is 5.02 Å². The molecule has 5 nitrogen and oxygen atoms in total. The molecule has 0 atom stereocenters. The Morgan fingerprint density at radius 3 is 2.68 bits per heavy atom. The number of hydrogen-bond acceptors (Lipinski definition) is 3. The van der Waals surface area contributed by atoms with Crippen molar-refractivity contribution in [3.8, 4) is 11.3 Å². The number of H-pyrrole nitrogens is 1. The molecule has 0 spiro atoms. The molecule has 0 bridgehead atoms. The van der Waals surface area contributed by atoms with Gasteiger partial charge in [0.25, 0.3) is 5.56 Å². The Labute approximate surface area is 149 Å². The Kier molecular flexibility index (Phi) is 5.26. The van der Waals surface area contributed by atoms with E-state index in [2.05, 4.69) is 15.5 Å². The van der Waals surface area contributed by atoms with Gasteiger partial charge in [-0.3, -0.25) is 9.59 Å². The van der Waals surface area contributed by atoms with E-state index in [1.165, 1.54) is 6.07 Å². The summed E-state index contributed by atoms with van der Waals surface area (Å²) in [4.78, 5) is 23.3. The fourth-order valence-electron chi connectivity index (χ4n) is 2.43. The van der Waals surface area contributed by atoms with E-state index < -0.39 is 0 Å². The molecule has 25 heavy (non-hydrogen) atoms. The van der Waals surface area contributed by atoms with Crippen LogP contribution in [0.3, 0.4) is 0 Å². The van der Waals surface area contributed by atoms with Gasteiger partial charge in [-0.05, 0) is 36.2 Å². The number of rotatable bonds is 5. The van der Waals surface area contributed by atoms with Crippen LogP contribution in [-0.4, -0.2) is 16.1 Å². The van der Waals surface area contributed by atoms with Crippen LogP contribution < -0.4 is 10.9 Å². The maximum Gasteiger partial charge on any atom is 0.264 e. The summed E-state index contributed by atoms with van der Waals surface area (Å²) >= 11 is 6.10. The predicted octanol–water partition coefficient (Wildman–Crippen LogP) is 3.66. The lowest BCUT2D eigenvalue weighted by molar-refractivity contribution is -0.116. The van der Waals surface area contributed by atoms with Gasteiger partial charge in [-0.1, -0.05) is 41.9 Å². The molecule has 0 saturated carbocycles. The number of benzene rings is 2. The summed E-state index contributed by atoms with van der Waals surface area (Å²) in [5.41, 5.74) is 2.81. The van der Waals surface area contributed by atoms with E-state index in [9.17, 15) is 9.59 Å². The average Bonchev–Trinajstić information content (AvgIpc) is 2.62. The minimum absolute atomic E-state index is 0.0912. The number of amides is 1. The van der Waals surface area contributed by atoms with Crippen LogP contribution in [0.1, 0.15) is 12.0 Å². The van der Waals surface area contributed by atoms with Crippen molar-refractivity contribution >= 4 is 23.2 Å². The first-order valence-electron chi connectivity index (χ1n) is 7.81. The minimum Gasteiger partial charge on any atom is -0.326 e. The van der Waals surface area contributed by atoms with Gasteiger partial charge in [-0.2, -0.15) is 5.10 Å². The summed E-state index contributed by atoms with van der Waals surface area (Å²) in [5.74, 6) is -0.0912. The van der Waals surface area contributed by atoms with Crippen molar-refractivity contribution in [2.45, 2.75) is 12.8 Å². The van der Waals surface area contributed by atoms with Crippen molar-refractivity contribution in [2.24, 2.45) is 0 Å². The van der Waals surface area contributed by atoms with Gasteiger partial charge >= 0.3 is 0 Å². The molecule has 0 saturated heterocycles. The van der Waals surface area contributed by atoms with Gasteiger partial charge in [0.15, 0.2) is 0 Å².